The van der Waals surface area contributed by atoms with Gasteiger partial charge in [-0.05, 0) is 37.1 Å². The molecule has 1 amide bonds. The number of methoxy groups -OCH3 is 2. The molecule has 1 aromatic carbocycles. The second-order valence-corrected chi connectivity index (χ2v) is 6.05. The molecule has 1 atom stereocenters. The lowest BCUT2D eigenvalue weighted by Crippen LogP contribution is -2.30. The van der Waals surface area contributed by atoms with E-state index in [1.807, 2.05) is 38.1 Å². The Hall–Kier alpha value is -2.76. The van der Waals surface area contributed by atoms with Crippen molar-refractivity contribution >= 4 is 5.91 Å². The van der Waals surface area contributed by atoms with E-state index >= 15 is 0 Å². The first kappa shape index (κ1) is 19.6. The molecule has 0 radical (unpaired) electrons. The minimum Gasteiger partial charge on any atom is -0.493 e. The predicted octanol–water partition coefficient (Wildman–Crippen LogP) is 2.83. The summed E-state index contributed by atoms with van der Waals surface area (Å²) in [7, 11) is 3.17. The van der Waals surface area contributed by atoms with Crippen molar-refractivity contribution in [2.24, 2.45) is 0 Å². The van der Waals surface area contributed by atoms with Crippen molar-refractivity contribution in [1.29, 1.82) is 0 Å². The Morgan fingerprint density at radius 3 is 2.50 bits per heavy atom. The molecule has 0 saturated heterocycles. The SMILES string of the molecule is CC[C@@H](NC(=O)CCn1c(C)cccc1=O)c1ccc(OC)c(OC)c1. The van der Waals surface area contributed by atoms with E-state index in [0.717, 1.165) is 17.7 Å². The van der Waals surface area contributed by atoms with Crippen LogP contribution in [0, 0.1) is 6.92 Å². The molecule has 0 saturated carbocycles. The summed E-state index contributed by atoms with van der Waals surface area (Å²) in [5, 5.41) is 3.03. The van der Waals surface area contributed by atoms with Crippen LogP contribution in [-0.4, -0.2) is 24.7 Å². The maximum Gasteiger partial charge on any atom is 0.250 e. The van der Waals surface area contributed by atoms with Gasteiger partial charge >= 0.3 is 0 Å². The summed E-state index contributed by atoms with van der Waals surface area (Å²) in [4.78, 5) is 24.3. The summed E-state index contributed by atoms with van der Waals surface area (Å²) in [5.41, 5.74) is 1.70. The lowest BCUT2D eigenvalue weighted by molar-refractivity contribution is -0.122. The van der Waals surface area contributed by atoms with Gasteiger partial charge in [-0.25, -0.2) is 0 Å². The zero-order valence-electron chi connectivity index (χ0n) is 15.7. The molecule has 140 valence electrons. The Balaban J connectivity index is 2.05. The van der Waals surface area contributed by atoms with E-state index in [1.165, 1.54) is 6.07 Å². The standard InChI is InChI=1S/C20H26N2O4/c1-5-16(15-9-10-17(25-3)18(13-15)26-4)21-19(23)11-12-22-14(2)7-6-8-20(22)24/h6-10,13,16H,5,11-12H2,1-4H3,(H,21,23)/t16-/m1/s1. The number of carbonyl (C=O) groups excluding carboxylic acids is 1. The molecular formula is C20H26N2O4. The topological polar surface area (TPSA) is 69.6 Å². The highest BCUT2D eigenvalue weighted by atomic mass is 16.5. The first-order chi connectivity index (χ1) is 12.5. The molecule has 1 heterocycles. The molecule has 0 fully saturated rings. The second kappa shape index (κ2) is 9.08. The maximum absolute atomic E-state index is 12.4. The van der Waals surface area contributed by atoms with Crippen molar-refractivity contribution in [3.05, 3.63) is 58.0 Å². The number of hydrogen-bond acceptors (Lipinski definition) is 4. The smallest absolute Gasteiger partial charge is 0.250 e. The van der Waals surface area contributed by atoms with Gasteiger partial charge in [0.1, 0.15) is 0 Å². The zero-order valence-corrected chi connectivity index (χ0v) is 15.7. The number of nitrogens with one attached hydrogen (secondary N) is 1. The molecule has 6 nitrogen and oxygen atoms in total. The van der Waals surface area contributed by atoms with Crippen LogP contribution in [0.25, 0.3) is 0 Å². The second-order valence-electron chi connectivity index (χ2n) is 6.05. The van der Waals surface area contributed by atoms with Gasteiger partial charge in [-0.1, -0.05) is 19.1 Å². The van der Waals surface area contributed by atoms with Crippen LogP contribution in [0.15, 0.2) is 41.2 Å². The Morgan fingerprint density at radius 1 is 1.15 bits per heavy atom. The first-order valence-corrected chi connectivity index (χ1v) is 8.67. The summed E-state index contributed by atoms with van der Waals surface area (Å²) in [6, 6.07) is 10.6. The number of pyridine rings is 1. The fourth-order valence-corrected chi connectivity index (χ4v) is 2.88. The third kappa shape index (κ3) is 4.65. The highest BCUT2D eigenvalue weighted by molar-refractivity contribution is 5.76. The van der Waals surface area contributed by atoms with Crippen LogP contribution >= 0.6 is 0 Å². The summed E-state index contributed by atoms with van der Waals surface area (Å²) < 4.78 is 12.2. The van der Waals surface area contributed by atoms with Crippen LogP contribution in [0.4, 0.5) is 0 Å². The van der Waals surface area contributed by atoms with Gasteiger partial charge in [0.15, 0.2) is 11.5 Å². The highest BCUT2D eigenvalue weighted by Crippen LogP contribution is 2.30. The van der Waals surface area contributed by atoms with Crippen LogP contribution in [0.2, 0.25) is 0 Å². The van der Waals surface area contributed by atoms with Crippen LogP contribution in [0.3, 0.4) is 0 Å². The van der Waals surface area contributed by atoms with Gasteiger partial charge in [0.05, 0.1) is 20.3 Å². The zero-order chi connectivity index (χ0) is 19.1. The predicted molar refractivity (Wildman–Crippen MR) is 101 cm³/mol. The van der Waals surface area contributed by atoms with Crippen LogP contribution in [0.1, 0.15) is 37.1 Å². The van der Waals surface area contributed by atoms with Crippen molar-refractivity contribution in [2.45, 2.75) is 39.3 Å². The van der Waals surface area contributed by atoms with Crippen molar-refractivity contribution in [2.75, 3.05) is 14.2 Å². The molecule has 26 heavy (non-hydrogen) atoms. The number of hydrogen-bond donors (Lipinski definition) is 1. The first-order valence-electron chi connectivity index (χ1n) is 8.67. The molecule has 0 spiro atoms. The fourth-order valence-electron chi connectivity index (χ4n) is 2.88. The van der Waals surface area contributed by atoms with E-state index in [2.05, 4.69) is 5.32 Å². The summed E-state index contributed by atoms with van der Waals surface area (Å²) in [6.45, 7) is 4.23. The van der Waals surface area contributed by atoms with Gasteiger partial charge in [0.2, 0.25) is 5.91 Å². The summed E-state index contributed by atoms with van der Waals surface area (Å²) >= 11 is 0. The number of aromatic nitrogens is 1. The van der Waals surface area contributed by atoms with E-state index in [9.17, 15) is 9.59 Å². The third-order valence-electron chi connectivity index (χ3n) is 4.38. The number of aryl methyl sites for hydroxylation is 1. The van der Waals surface area contributed by atoms with E-state index in [0.29, 0.717) is 18.0 Å². The molecule has 0 aliphatic rings. The Morgan fingerprint density at radius 2 is 1.88 bits per heavy atom. The number of amides is 1. The van der Waals surface area contributed by atoms with E-state index < -0.39 is 0 Å². The number of nitrogens with zero attached hydrogens (tertiary/aromatic N) is 1. The average Bonchev–Trinajstić information content (AvgIpc) is 2.65. The molecule has 0 unspecified atom stereocenters. The van der Waals surface area contributed by atoms with Gasteiger partial charge in [-0.3, -0.25) is 9.59 Å². The normalized spacial score (nSPS) is 11.7. The average molecular weight is 358 g/mol. The monoisotopic (exact) mass is 358 g/mol. The summed E-state index contributed by atoms with van der Waals surface area (Å²) in [5.74, 6) is 1.18. The van der Waals surface area contributed by atoms with Gasteiger partial charge in [-0.2, -0.15) is 0 Å². The Kier molecular flexibility index (Phi) is 6.83. The molecule has 2 aromatic rings. The third-order valence-corrected chi connectivity index (χ3v) is 4.38. The van der Waals surface area contributed by atoms with Crippen molar-refractivity contribution in [3.63, 3.8) is 0 Å². The van der Waals surface area contributed by atoms with Crippen molar-refractivity contribution < 1.29 is 14.3 Å². The van der Waals surface area contributed by atoms with Crippen LogP contribution < -0.4 is 20.3 Å². The number of carbonyl (C=O) groups is 1. The van der Waals surface area contributed by atoms with Crippen LogP contribution in [0.5, 0.6) is 11.5 Å². The van der Waals surface area contributed by atoms with Gasteiger partial charge < -0.3 is 19.4 Å². The van der Waals surface area contributed by atoms with E-state index in [4.69, 9.17) is 9.47 Å². The minimum atomic E-state index is -0.129. The Labute approximate surface area is 153 Å². The minimum absolute atomic E-state index is 0.0928. The van der Waals surface area contributed by atoms with Crippen molar-refractivity contribution in [3.8, 4) is 11.5 Å². The van der Waals surface area contributed by atoms with Crippen molar-refractivity contribution in [1.82, 2.24) is 9.88 Å². The number of benzene rings is 1. The molecule has 0 bridgehead atoms. The van der Waals surface area contributed by atoms with Crippen LogP contribution in [-0.2, 0) is 11.3 Å². The number of rotatable bonds is 8. The molecule has 1 aromatic heterocycles. The molecule has 1 N–H and O–H groups in total. The van der Waals surface area contributed by atoms with E-state index in [-0.39, 0.29) is 23.9 Å². The molecule has 0 aliphatic heterocycles. The Bertz CT molecular complexity index is 814. The van der Waals surface area contributed by atoms with Gasteiger partial charge in [0, 0.05) is 24.7 Å². The van der Waals surface area contributed by atoms with Gasteiger partial charge in [-0.15, -0.1) is 0 Å². The lowest BCUT2D eigenvalue weighted by atomic mass is 10.0. The molecule has 6 heteroatoms. The molecular weight excluding hydrogens is 332 g/mol. The quantitative estimate of drug-likeness (QED) is 0.788. The number of ether oxygens (including phenoxy) is 2. The van der Waals surface area contributed by atoms with E-state index in [1.54, 1.807) is 24.9 Å². The summed E-state index contributed by atoms with van der Waals surface area (Å²) in [6.07, 6.45) is 0.986. The van der Waals surface area contributed by atoms with Gasteiger partial charge in [0.25, 0.3) is 5.56 Å². The highest BCUT2D eigenvalue weighted by Gasteiger charge is 2.15. The molecule has 2 rings (SSSR count). The fraction of sp³-hybridized carbons (Fsp3) is 0.400. The lowest BCUT2D eigenvalue weighted by Gasteiger charge is -2.19. The maximum atomic E-state index is 12.4. The largest absolute Gasteiger partial charge is 0.493 e. The molecule has 0 aliphatic carbocycles.